The molecule has 0 saturated carbocycles. The van der Waals surface area contributed by atoms with E-state index in [1.807, 2.05) is 33.5 Å². The van der Waals surface area contributed by atoms with E-state index in [-0.39, 0.29) is 5.91 Å². The standard InChI is InChI=1S/C15H23BrN2O2S/c1-3-5-17-10-12(16)9-14(17)15(19)18(6-7-20-2)13-4-8-21-11-13/h9-10,13H,3-8,11H2,1-2H3. The molecule has 21 heavy (non-hydrogen) atoms. The summed E-state index contributed by atoms with van der Waals surface area (Å²) in [7, 11) is 1.68. The molecule has 118 valence electrons. The van der Waals surface area contributed by atoms with Crippen molar-refractivity contribution in [1.82, 2.24) is 9.47 Å². The van der Waals surface area contributed by atoms with E-state index < -0.39 is 0 Å². The summed E-state index contributed by atoms with van der Waals surface area (Å²) in [6.07, 6.45) is 4.09. The number of aromatic nitrogens is 1. The molecule has 1 aliphatic rings. The Morgan fingerprint density at radius 2 is 2.43 bits per heavy atom. The van der Waals surface area contributed by atoms with E-state index in [2.05, 4.69) is 22.9 Å². The van der Waals surface area contributed by atoms with E-state index >= 15 is 0 Å². The van der Waals surface area contributed by atoms with Crippen LogP contribution in [-0.2, 0) is 11.3 Å². The minimum absolute atomic E-state index is 0.124. The molecule has 1 saturated heterocycles. The van der Waals surface area contributed by atoms with E-state index in [1.54, 1.807) is 7.11 Å². The molecular weight excluding hydrogens is 352 g/mol. The largest absolute Gasteiger partial charge is 0.383 e. The first-order chi connectivity index (χ1) is 10.2. The fraction of sp³-hybridized carbons (Fsp3) is 0.667. The molecule has 2 heterocycles. The zero-order chi connectivity index (χ0) is 15.2. The third kappa shape index (κ3) is 4.27. The van der Waals surface area contributed by atoms with Crippen LogP contribution in [0.3, 0.4) is 0 Å². The van der Waals surface area contributed by atoms with Crippen LogP contribution >= 0.6 is 27.7 Å². The molecular formula is C15H23BrN2O2S. The molecule has 2 rings (SSSR count). The number of ether oxygens (including phenoxy) is 1. The fourth-order valence-electron chi connectivity index (χ4n) is 2.63. The maximum Gasteiger partial charge on any atom is 0.270 e. The number of carbonyl (C=O) groups excluding carboxylic acids is 1. The smallest absolute Gasteiger partial charge is 0.270 e. The Morgan fingerprint density at radius 1 is 1.62 bits per heavy atom. The van der Waals surface area contributed by atoms with Gasteiger partial charge in [-0.05, 0) is 40.6 Å². The van der Waals surface area contributed by atoms with Gasteiger partial charge in [0, 0.05) is 42.7 Å². The van der Waals surface area contributed by atoms with Crippen molar-refractivity contribution in [1.29, 1.82) is 0 Å². The van der Waals surface area contributed by atoms with Gasteiger partial charge in [-0.3, -0.25) is 4.79 Å². The predicted molar refractivity (Wildman–Crippen MR) is 91.1 cm³/mol. The molecule has 0 bridgehead atoms. The Labute approximate surface area is 139 Å². The Morgan fingerprint density at radius 3 is 3.05 bits per heavy atom. The van der Waals surface area contributed by atoms with Gasteiger partial charge in [0.05, 0.1) is 6.61 Å². The van der Waals surface area contributed by atoms with Crippen molar-refractivity contribution in [3.05, 3.63) is 22.4 Å². The van der Waals surface area contributed by atoms with Crippen LogP contribution in [0.1, 0.15) is 30.3 Å². The highest BCUT2D eigenvalue weighted by Crippen LogP contribution is 2.25. The van der Waals surface area contributed by atoms with Gasteiger partial charge in [0.2, 0.25) is 0 Å². The van der Waals surface area contributed by atoms with Gasteiger partial charge in [-0.15, -0.1) is 0 Å². The molecule has 1 aromatic rings. The van der Waals surface area contributed by atoms with E-state index in [4.69, 9.17) is 4.74 Å². The number of hydrogen-bond acceptors (Lipinski definition) is 3. The zero-order valence-electron chi connectivity index (χ0n) is 12.7. The number of methoxy groups -OCH3 is 1. The van der Waals surface area contributed by atoms with Crippen molar-refractivity contribution in [2.75, 3.05) is 31.8 Å². The van der Waals surface area contributed by atoms with Gasteiger partial charge < -0.3 is 14.2 Å². The van der Waals surface area contributed by atoms with Crippen LogP contribution in [0.25, 0.3) is 0 Å². The number of aryl methyl sites for hydroxylation is 1. The Bertz CT molecular complexity index is 472. The van der Waals surface area contributed by atoms with Crippen LogP contribution in [-0.4, -0.2) is 53.2 Å². The van der Waals surface area contributed by atoms with Gasteiger partial charge in [-0.2, -0.15) is 11.8 Å². The SMILES string of the molecule is CCCn1cc(Br)cc1C(=O)N(CCOC)C1CCSC1. The van der Waals surface area contributed by atoms with Crippen molar-refractivity contribution in [2.45, 2.75) is 32.4 Å². The molecule has 0 aliphatic carbocycles. The highest BCUT2D eigenvalue weighted by atomic mass is 79.9. The third-order valence-electron chi connectivity index (χ3n) is 3.69. The molecule has 1 atom stereocenters. The van der Waals surface area contributed by atoms with Crippen LogP contribution in [0.2, 0.25) is 0 Å². The number of thioether (sulfide) groups is 1. The minimum Gasteiger partial charge on any atom is -0.383 e. The van der Waals surface area contributed by atoms with Crippen molar-refractivity contribution in [3.8, 4) is 0 Å². The molecule has 6 heteroatoms. The second-order valence-corrected chi connectivity index (χ2v) is 7.31. The van der Waals surface area contributed by atoms with Gasteiger partial charge in [0.25, 0.3) is 5.91 Å². The van der Waals surface area contributed by atoms with Gasteiger partial charge in [-0.1, -0.05) is 6.92 Å². The Balaban J connectivity index is 2.20. The highest BCUT2D eigenvalue weighted by Gasteiger charge is 2.29. The number of hydrogen-bond donors (Lipinski definition) is 0. The lowest BCUT2D eigenvalue weighted by atomic mass is 10.2. The molecule has 4 nitrogen and oxygen atoms in total. The lowest BCUT2D eigenvalue weighted by Gasteiger charge is -2.28. The molecule has 1 amide bonds. The normalized spacial score (nSPS) is 18.1. The van der Waals surface area contributed by atoms with Crippen molar-refractivity contribution in [2.24, 2.45) is 0 Å². The first-order valence-corrected chi connectivity index (χ1v) is 9.35. The molecule has 1 aromatic heterocycles. The molecule has 0 aromatic carbocycles. The lowest BCUT2D eigenvalue weighted by molar-refractivity contribution is 0.0614. The second kappa shape index (κ2) is 8.25. The van der Waals surface area contributed by atoms with Crippen LogP contribution in [0.15, 0.2) is 16.7 Å². The fourth-order valence-corrected chi connectivity index (χ4v) is 4.32. The van der Waals surface area contributed by atoms with Gasteiger partial charge in [0.1, 0.15) is 5.69 Å². The average Bonchev–Trinajstić information content (AvgIpc) is 3.09. The van der Waals surface area contributed by atoms with Crippen LogP contribution in [0, 0.1) is 0 Å². The van der Waals surface area contributed by atoms with Gasteiger partial charge in [-0.25, -0.2) is 0 Å². The first kappa shape index (κ1) is 16.9. The molecule has 1 fully saturated rings. The van der Waals surface area contributed by atoms with Crippen LogP contribution in [0.5, 0.6) is 0 Å². The van der Waals surface area contributed by atoms with Crippen LogP contribution in [0.4, 0.5) is 0 Å². The Kier molecular flexibility index (Phi) is 6.64. The Hall–Kier alpha value is -0.460. The number of carbonyl (C=O) groups is 1. The van der Waals surface area contributed by atoms with E-state index in [0.29, 0.717) is 19.2 Å². The minimum atomic E-state index is 0.124. The molecule has 1 aliphatic heterocycles. The van der Waals surface area contributed by atoms with E-state index in [1.165, 1.54) is 0 Å². The summed E-state index contributed by atoms with van der Waals surface area (Å²) in [6, 6.07) is 2.27. The number of rotatable bonds is 7. The number of amides is 1. The molecule has 0 radical (unpaired) electrons. The van der Waals surface area contributed by atoms with Crippen LogP contribution < -0.4 is 0 Å². The molecule has 0 spiro atoms. The second-order valence-electron chi connectivity index (χ2n) is 5.25. The quantitative estimate of drug-likeness (QED) is 0.734. The third-order valence-corrected chi connectivity index (χ3v) is 5.27. The van der Waals surface area contributed by atoms with Gasteiger partial charge in [0.15, 0.2) is 0 Å². The summed E-state index contributed by atoms with van der Waals surface area (Å²) in [6.45, 7) is 4.24. The summed E-state index contributed by atoms with van der Waals surface area (Å²) in [5.74, 6) is 2.30. The van der Waals surface area contributed by atoms with Crippen molar-refractivity contribution >= 4 is 33.6 Å². The van der Waals surface area contributed by atoms with E-state index in [9.17, 15) is 4.79 Å². The average molecular weight is 375 g/mol. The predicted octanol–water partition coefficient (Wildman–Crippen LogP) is 3.25. The lowest BCUT2D eigenvalue weighted by Crippen LogP contribution is -2.43. The van der Waals surface area contributed by atoms with Gasteiger partial charge >= 0.3 is 0 Å². The summed E-state index contributed by atoms with van der Waals surface area (Å²) in [5, 5.41) is 0. The first-order valence-electron chi connectivity index (χ1n) is 7.40. The van der Waals surface area contributed by atoms with E-state index in [0.717, 1.165) is 41.1 Å². The summed E-state index contributed by atoms with van der Waals surface area (Å²) < 4.78 is 8.20. The maximum absolute atomic E-state index is 13.0. The molecule has 0 N–H and O–H groups in total. The summed E-state index contributed by atoms with van der Waals surface area (Å²) in [4.78, 5) is 15.0. The zero-order valence-corrected chi connectivity index (χ0v) is 15.1. The highest BCUT2D eigenvalue weighted by molar-refractivity contribution is 9.10. The van der Waals surface area contributed by atoms with Crippen molar-refractivity contribution in [3.63, 3.8) is 0 Å². The number of nitrogens with zero attached hydrogens (tertiary/aromatic N) is 2. The monoisotopic (exact) mass is 374 g/mol. The summed E-state index contributed by atoms with van der Waals surface area (Å²) >= 11 is 5.41. The maximum atomic E-state index is 13.0. The van der Waals surface area contributed by atoms with Crippen molar-refractivity contribution < 1.29 is 9.53 Å². The summed E-state index contributed by atoms with van der Waals surface area (Å²) in [5.41, 5.74) is 0.775. The topological polar surface area (TPSA) is 34.5 Å². The molecule has 1 unspecified atom stereocenters. The number of halogens is 1.